The first-order chi connectivity index (χ1) is 12.6. The summed E-state index contributed by atoms with van der Waals surface area (Å²) in [5.41, 5.74) is 3.84. The number of hydrogen-bond donors (Lipinski definition) is 3. The van der Waals surface area contributed by atoms with Crippen molar-refractivity contribution in [3.8, 4) is 5.69 Å². The number of aryl methyl sites for hydroxylation is 2. The van der Waals surface area contributed by atoms with Gasteiger partial charge in [0.05, 0.1) is 17.9 Å². The van der Waals surface area contributed by atoms with E-state index in [1.807, 2.05) is 39.0 Å². The minimum atomic E-state index is -0.370. The molecule has 0 fully saturated rings. The highest BCUT2D eigenvalue weighted by atomic mass is 16.2. The van der Waals surface area contributed by atoms with Gasteiger partial charge in [0.15, 0.2) is 0 Å². The maximum atomic E-state index is 12.3. The average molecular weight is 371 g/mol. The molecule has 0 aliphatic heterocycles. The van der Waals surface area contributed by atoms with Crippen molar-refractivity contribution in [3.63, 3.8) is 0 Å². The van der Waals surface area contributed by atoms with Gasteiger partial charge in [-0.1, -0.05) is 38.5 Å². The second kappa shape index (κ2) is 8.24. The maximum Gasteiger partial charge on any atom is 0.315 e. The number of rotatable bonds is 5. The largest absolute Gasteiger partial charge is 0.338 e. The maximum absolute atomic E-state index is 12.3. The van der Waals surface area contributed by atoms with Gasteiger partial charge in [-0.15, -0.1) is 0 Å². The highest BCUT2D eigenvalue weighted by molar-refractivity contribution is 5.94. The van der Waals surface area contributed by atoms with Crippen molar-refractivity contribution in [1.82, 2.24) is 20.4 Å². The van der Waals surface area contributed by atoms with Crippen LogP contribution < -0.4 is 16.0 Å². The zero-order valence-corrected chi connectivity index (χ0v) is 16.9. The van der Waals surface area contributed by atoms with E-state index in [4.69, 9.17) is 5.10 Å². The first kappa shape index (κ1) is 20.5. The van der Waals surface area contributed by atoms with Gasteiger partial charge in [0.25, 0.3) is 0 Å². The van der Waals surface area contributed by atoms with E-state index in [1.54, 1.807) is 4.68 Å². The van der Waals surface area contributed by atoms with E-state index in [0.717, 1.165) is 22.5 Å². The quantitative estimate of drug-likeness (QED) is 0.755. The number of aromatic nitrogens is 2. The fraction of sp³-hybridized carbons (Fsp3) is 0.450. The van der Waals surface area contributed by atoms with E-state index in [2.05, 4.69) is 42.8 Å². The number of anilines is 1. The highest BCUT2D eigenvalue weighted by Crippen LogP contribution is 2.27. The van der Waals surface area contributed by atoms with Crippen molar-refractivity contribution in [2.75, 3.05) is 18.4 Å². The Labute approximate surface area is 160 Å². The topological polar surface area (TPSA) is 88.1 Å². The third kappa shape index (κ3) is 5.32. The zero-order chi connectivity index (χ0) is 20.2. The fourth-order valence-corrected chi connectivity index (χ4v) is 2.63. The summed E-state index contributed by atoms with van der Waals surface area (Å²) in [6, 6.07) is 7.60. The van der Waals surface area contributed by atoms with E-state index in [9.17, 15) is 9.59 Å². The third-order valence-corrected chi connectivity index (χ3v) is 4.07. The van der Waals surface area contributed by atoms with E-state index >= 15 is 0 Å². The number of carbonyl (C=O) groups excluding carboxylic acids is 2. The van der Waals surface area contributed by atoms with Crippen LogP contribution in [0.3, 0.4) is 0 Å². The summed E-state index contributed by atoms with van der Waals surface area (Å²) in [7, 11) is 0. The lowest BCUT2D eigenvalue weighted by Gasteiger charge is -2.14. The molecule has 7 nitrogen and oxygen atoms in total. The Balaban J connectivity index is 2.30. The zero-order valence-electron chi connectivity index (χ0n) is 16.9. The molecule has 0 aliphatic rings. The molecule has 0 spiro atoms. The molecule has 0 saturated heterocycles. The monoisotopic (exact) mass is 371 g/mol. The molecule has 0 bridgehead atoms. The molecule has 1 heterocycles. The Morgan fingerprint density at radius 2 is 1.81 bits per heavy atom. The summed E-state index contributed by atoms with van der Waals surface area (Å²) in [5.74, 6) is 0.266. The summed E-state index contributed by atoms with van der Waals surface area (Å²) in [5, 5.41) is 12.7. The Morgan fingerprint density at radius 3 is 2.41 bits per heavy atom. The summed E-state index contributed by atoms with van der Waals surface area (Å²) >= 11 is 0. The van der Waals surface area contributed by atoms with E-state index in [1.165, 1.54) is 0 Å². The van der Waals surface area contributed by atoms with Crippen LogP contribution in [0.1, 0.15) is 44.5 Å². The first-order valence-corrected chi connectivity index (χ1v) is 9.11. The van der Waals surface area contributed by atoms with E-state index < -0.39 is 0 Å². The Morgan fingerprint density at radius 1 is 1.11 bits per heavy atom. The molecule has 2 rings (SSSR count). The van der Waals surface area contributed by atoms with Crippen LogP contribution in [-0.2, 0) is 10.2 Å². The minimum absolute atomic E-state index is 0.116. The highest BCUT2D eigenvalue weighted by Gasteiger charge is 2.22. The molecule has 7 heteroatoms. The van der Waals surface area contributed by atoms with E-state index in [0.29, 0.717) is 12.4 Å². The number of amides is 3. The SMILES string of the molecule is CCNC(=O)NCC(=O)Nc1cc(C(C)(C)C)nn1-c1ccc(C)cc1C. The standard InChI is InChI=1S/C20H29N5O2/c1-7-21-19(27)22-12-18(26)23-17-11-16(20(4,5)6)24-25(17)15-9-8-13(2)10-14(15)3/h8-11H,7,12H2,1-6H3,(H,23,26)(H2,21,22,27). The van der Waals surface area contributed by atoms with Crippen LogP contribution in [-0.4, -0.2) is 34.8 Å². The van der Waals surface area contributed by atoms with Gasteiger partial charge in [0.2, 0.25) is 5.91 Å². The Hall–Kier alpha value is -2.83. The molecule has 3 N–H and O–H groups in total. The summed E-state index contributed by atoms with van der Waals surface area (Å²) < 4.78 is 1.75. The van der Waals surface area contributed by atoms with Gasteiger partial charge in [-0.2, -0.15) is 5.10 Å². The lowest BCUT2D eigenvalue weighted by Crippen LogP contribution is -2.40. The van der Waals surface area contributed by atoms with Crippen LogP contribution in [0.15, 0.2) is 24.3 Å². The molecular formula is C20H29N5O2. The average Bonchev–Trinajstić information content (AvgIpc) is 2.97. The smallest absolute Gasteiger partial charge is 0.315 e. The fourth-order valence-electron chi connectivity index (χ4n) is 2.63. The van der Waals surface area contributed by atoms with Crippen molar-refractivity contribution in [2.45, 2.75) is 47.0 Å². The van der Waals surface area contributed by atoms with Gasteiger partial charge in [-0.05, 0) is 32.4 Å². The molecule has 0 saturated carbocycles. The van der Waals surface area contributed by atoms with Crippen molar-refractivity contribution in [2.24, 2.45) is 0 Å². The number of benzene rings is 1. The van der Waals surface area contributed by atoms with Gasteiger partial charge in [-0.3, -0.25) is 4.79 Å². The van der Waals surface area contributed by atoms with Crippen molar-refractivity contribution in [1.29, 1.82) is 0 Å². The first-order valence-electron chi connectivity index (χ1n) is 9.11. The van der Waals surface area contributed by atoms with Gasteiger partial charge in [0, 0.05) is 18.0 Å². The molecule has 0 unspecified atom stereocenters. The number of carbonyl (C=O) groups is 2. The van der Waals surface area contributed by atoms with Gasteiger partial charge in [-0.25, -0.2) is 9.48 Å². The van der Waals surface area contributed by atoms with Crippen molar-refractivity contribution < 1.29 is 9.59 Å². The molecule has 146 valence electrons. The molecule has 2 aromatic rings. The number of urea groups is 1. The molecule has 1 aromatic carbocycles. The molecule has 1 aromatic heterocycles. The number of nitrogens with one attached hydrogen (secondary N) is 3. The van der Waals surface area contributed by atoms with Crippen LogP contribution in [0.25, 0.3) is 5.69 Å². The molecule has 0 aliphatic carbocycles. The van der Waals surface area contributed by atoms with Crippen LogP contribution in [0, 0.1) is 13.8 Å². The normalized spacial score (nSPS) is 11.2. The van der Waals surface area contributed by atoms with Gasteiger partial charge < -0.3 is 16.0 Å². The summed E-state index contributed by atoms with van der Waals surface area (Å²) in [6.45, 7) is 12.5. The molecule has 0 radical (unpaired) electrons. The molecular weight excluding hydrogens is 342 g/mol. The van der Waals surface area contributed by atoms with Crippen LogP contribution >= 0.6 is 0 Å². The van der Waals surface area contributed by atoms with Crippen molar-refractivity contribution >= 4 is 17.8 Å². The molecule has 3 amide bonds. The lowest BCUT2D eigenvalue weighted by molar-refractivity contribution is -0.115. The third-order valence-electron chi connectivity index (χ3n) is 4.07. The predicted octanol–water partition coefficient (Wildman–Crippen LogP) is 3.04. The molecule has 0 atom stereocenters. The van der Waals surface area contributed by atoms with Crippen molar-refractivity contribution in [3.05, 3.63) is 41.1 Å². The van der Waals surface area contributed by atoms with Crippen LogP contribution in [0.4, 0.5) is 10.6 Å². The van der Waals surface area contributed by atoms with Gasteiger partial charge >= 0.3 is 6.03 Å². The Bertz CT molecular complexity index is 833. The lowest BCUT2D eigenvalue weighted by atomic mass is 9.92. The second-order valence-electron chi connectivity index (χ2n) is 7.63. The summed E-state index contributed by atoms with van der Waals surface area (Å²) in [4.78, 5) is 23.8. The predicted molar refractivity (Wildman–Crippen MR) is 107 cm³/mol. The van der Waals surface area contributed by atoms with Crippen LogP contribution in [0.2, 0.25) is 0 Å². The Kier molecular flexibility index (Phi) is 6.25. The number of nitrogens with zero attached hydrogens (tertiary/aromatic N) is 2. The number of hydrogen-bond acceptors (Lipinski definition) is 3. The van der Waals surface area contributed by atoms with E-state index in [-0.39, 0.29) is 23.9 Å². The minimum Gasteiger partial charge on any atom is -0.338 e. The van der Waals surface area contributed by atoms with Gasteiger partial charge in [0.1, 0.15) is 5.82 Å². The second-order valence-corrected chi connectivity index (χ2v) is 7.63. The summed E-state index contributed by atoms with van der Waals surface area (Å²) in [6.07, 6.45) is 0. The molecule has 27 heavy (non-hydrogen) atoms. The van der Waals surface area contributed by atoms with Crippen LogP contribution in [0.5, 0.6) is 0 Å².